The maximum absolute atomic E-state index is 10.9. The number of benzene rings is 1. The van der Waals surface area contributed by atoms with E-state index in [1.165, 1.54) is 6.07 Å². The molecular formula is C14H19N5O2. The molecule has 1 aromatic heterocycles. The van der Waals surface area contributed by atoms with Gasteiger partial charge in [-0.1, -0.05) is 0 Å². The Bertz CT molecular complexity index is 583. The molecule has 112 valence electrons. The molecule has 0 fully saturated rings. The fraction of sp³-hybridized carbons (Fsp3) is 0.357. The number of hydrogen-bond donors (Lipinski definition) is 2. The summed E-state index contributed by atoms with van der Waals surface area (Å²) in [5.74, 6) is 0. The first-order valence-electron chi connectivity index (χ1n) is 6.86. The first-order chi connectivity index (χ1) is 10.2. The monoisotopic (exact) mass is 289 g/mol. The second-order valence-electron chi connectivity index (χ2n) is 4.71. The first-order valence-corrected chi connectivity index (χ1v) is 6.86. The molecule has 0 radical (unpaired) electrons. The molecule has 2 rings (SSSR count). The number of non-ortho nitro benzene ring substituents is 1. The molecular weight excluding hydrogens is 270 g/mol. The molecule has 21 heavy (non-hydrogen) atoms. The average molecular weight is 289 g/mol. The van der Waals surface area contributed by atoms with E-state index in [0.717, 1.165) is 37.3 Å². The fourth-order valence-electron chi connectivity index (χ4n) is 2.03. The van der Waals surface area contributed by atoms with Crippen molar-refractivity contribution < 1.29 is 4.92 Å². The van der Waals surface area contributed by atoms with Gasteiger partial charge in [-0.2, -0.15) is 0 Å². The van der Waals surface area contributed by atoms with Crippen molar-refractivity contribution in [1.82, 2.24) is 9.55 Å². The van der Waals surface area contributed by atoms with Gasteiger partial charge in [-0.15, -0.1) is 0 Å². The molecule has 0 amide bonds. The van der Waals surface area contributed by atoms with E-state index >= 15 is 0 Å². The predicted octanol–water partition coefficient (Wildman–Crippen LogP) is 2.73. The number of anilines is 2. The van der Waals surface area contributed by atoms with Crippen LogP contribution in [0.4, 0.5) is 17.1 Å². The molecule has 0 saturated heterocycles. The number of hydrogen-bond acceptors (Lipinski definition) is 5. The van der Waals surface area contributed by atoms with E-state index in [4.69, 9.17) is 0 Å². The number of nitro benzene ring substituents is 1. The van der Waals surface area contributed by atoms with Crippen LogP contribution in [0.25, 0.3) is 0 Å². The normalized spacial score (nSPS) is 10.3. The third-order valence-corrected chi connectivity index (χ3v) is 3.15. The van der Waals surface area contributed by atoms with Gasteiger partial charge in [-0.25, -0.2) is 4.98 Å². The highest BCUT2D eigenvalue weighted by atomic mass is 16.6. The molecule has 0 aliphatic heterocycles. The van der Waals surface area contributed by atoms with E-state index in [0.29, 0.717) is 0 Å². The third-order valence-electron chi connectivity index (χ3n) is 3.15. The Morgan fingerprint density at radius 2 is 2.10 bits per heavy atom. The smallest absolute Gasteiger partial charge is 0.273 e. The van der Waals surface area contributed by atoms with Gasteiger partial charge in [0.2, 0.25) is 0 Å². The number of nitrogens with one attached hydrogen (secondary N) is 2. The minimum atomic E-state index is -0.384. The van der Waals surface area contributed by atoms with Crippen LogP contribution in [0, 0.1) is 10.1 Å². The molecule has 7 heteroatoms. The van der Waals surface area contributed by atoms with Gasteiger partial charge in [-0.05, 0) is 18.9 Å². The Hall–Kier alpha value is -2.57. The summed E-state index contributed by atoms with van der Waals surface area (Å²) in [5.41, 5.74) is 1.57. The minimum absolute atomic E-state index is 0.0859. The Balaban J connectivity index is 1.82. The molecule has 7 nitrogen and oxygen atoms in total. The van der Waals surface area contributed by atoms with Crippen LogP contribution in [0.3, 0.4) is 0 Å². The van der Waals surface area contributed by atoms with Crippen LogP contribution in [-0.2, 0) is 6.54 Å². The molecule has 0 saturated carbocycles. The minimum Gasteiger partial charge on any atom is -0.388 e. The van der Waals surface area contributed by atoms with Crippen molar-refractivity contribution in [2.24, 2.45) is 0 Å². The number of aromatic nitrogens is 2. The molecule has 0 spiro atoms. The Labute approximate surface area is 123 Å². The Morgan fingerprint density at radius 1 is 1.29 bits per heavy atom. The lowest BCUT2D eigenvalue weighted by molar-refractivity contribution is -0.384. The average Bonchev–Trinajstić information content (AvgIpc) is 2.99. The summed E-state index contributed by atoms with van der Waals surface area (Å²) < 4.78 is 2.03. The van der Waals surface area contributed by atoms with E-state index < -0.39 is 0 Å². The van der Waals surface area contributed by atoms with E-state index in [-0.39, 0.29) is 10.6 Å². The van der Waals surface area contributed by atoms with Gasteiger partial charge in [0.25, 0.3) is 5.69 Å². The first kappa shape index (κ1) is 14.8. The van der Waals surface area contributed by atoms with E-state index in [1.54, 1.807) is 25.6 Å². The van der Waals surface area contributed by atoms with Crippen molar-refractivity contribution in [3.63, 3.8) is 0 Å². The van der Waals surface area contributed by atoms with Crippen LogP contribution >= 0.6 is 0 Å². The summed E-state index contributed by atoms with van der Waals surface area (Å²) in [6.45, 7) is 1.71. The van der Waals surface area contributed by atoms with Gasteiger partial charge in [-0.3, -0.25) is 10.1 Å². The van der Waals surface area contributed by atoms with Gasteiger partial charge < -0.3 is 15.2 Å². The van der Waals surface area contributed by atoms with Crippen LogP contribution in [0.1, 0.15) is 12.8 Å². The van der Waals surface area contributed by atoms with Crippen LogP contribution in [0.15, 0.2) is 36.9 Å². The summed E-state index contributed by atoms with van der Waals surface area (Å²) in [6, 6.07) is 4.93. The summed E-state index contributed by atoms with van der Waals surface area (Å²) in [7, 11) is 1.74. The quantitative estimate of drug-likeness (QED) is 0.443. The molecule has 2 aromatic rings. The van der Waals surface area contributed by atoms with E-state index in [2.05, 4.69) is 15.6 Å². The van der Waals surface area contributed by atoms with Gasteiger partial charge in [0.15, 0.2) is 0 Å². The van der Waals surface area contributed by atoms with Gasteiger partial charge in [0.1, 0.15) is 0 Å². The maximum atomic E-state index is 10.9. The molecule has 0 aliphatic rings. The zero-order valence-electron chi connectivity index (χ0n) is 12.0. The number of nitro groups is 1. The van der Waals surface area contributed by atoms with Crippen molar-refractivity contribution >= 4 is 17.1 Å². The van der Waals surface area contributed by atoms with Crippen molar-refractivity contribution in [2.45, 2.75) is 19.4 Å². The second kappa shape index (κ2) is 7.28. The van der Waals surface area contributed by atoms with Gasteiger partial charge in [0, 0.05) is 56.0 Å². The lowest BCUT2D eigenvalue weighted by Crippen LogP contribution is -2.04. The van der Waals surface area contributed by atoms with Crippen LogP contribution < -0.4 is 10.6 Å². The molecule has 0 aliphatic carbocycles. The van der Waals surface area contributed by atoms with E-state index in [1.807, 2.05) is 16.8 Å². The molecule has 1 aromatic carbocycles. The van der Waals surface area contributed by atoms with Crippen molar-refractivity contribution in [3.05, 3.63) is 47.0 Å². The van der Waals surface area contributed by atoms with Crippen LogP contribution in [0.2, 0.25) is 0 Å². The number of nitrogens with zero attached hydrogens (tertiary/aromatic N) is 3. The second-order valence-corrected chi connectivity index (χ2v) is 4.71. The summed E-state index contributed by atoms with van der Waals surface area (Å²) >= 11 is 0. The third kappa shape index (κ3) is 4.48. The maximum Gasteiger partial charge on any atom is 0.273 e. The molecule has 0 bridgehead atoms. The standard InChI is InChI=1S/C14H19N5O2/c1-15-12-8-13(10-14(9-12)19(20)21)17-4-2-3-6-18-7-5-16-11-18/h5,7-11,15,17H,2-4,6H2,1H3. The lowest BCUT2D eigenvalue weighted by Gasteiger charge is -2.09. The number of unbranched alkanes of at least 4 members (excludes halogenated alkanes) is 1. The number of imidazole rings is 1. The number of aryl methyl sites for hydroxylation is 1. The molecule has 0 unspecified atom stereocenters. The largest absolute Gasteiger partial charge is 0.388 e. The molecule has 0 atom stereocenters. The highest BCUT2D eigenvalue weighted by Crippen LogP contribution is 2.24. The molecule has 2 N–H and O–H groups in total. The zero-order valence-corrected chi connectivity index (χ0v) is 12.0. The van der Waals surface area contributed by atoms with Crippen LogP contribution in [-0.4, -0.2) is 28.1 Å². The Morgan fingerprint density at radius 3 is 2.76 bits per heavy atom. The van der Waals surface area contributed by atoms with Gasteiger partial charge in [0.05, 0.1) is 11.3 Å². The SMILES string of the molecule is CNc1cc(NCCCCn2ccnc2)cc([N+](=O)[O-])c1. The topological polar surface area (TPSA) is 85.0 Å². The van der Waals surface area contributed by atoms with Gasteiger partial charge >= 0.3 is 0 Å². The number of rotatable bonds is 8. The highest BCUT2D eigenvalue weighted by molar-refractivity contribution is 5.63. The fourth-order valence-corrected chi connectivity index (χ4v) is 2.03. The lowest BCUT2D eigenvalue weighted by atomic mass is 10.2. The van der Waals surface area contributed by atoms with Crippen molar-refractivity contribution in [2.75, 3.05) is 24.2 Å². The van der Waals surface area contributed by atoms with Crippen molar-refractivity contribution in [1.29, 1.82) is 0 Å². The zero-order chi connectivity index (χ0) is 15.1. The highest BCUT2D eigenvalue weighted by Gasteiger charge is 2.08. The molecule has 1 heterocycles. The van der Waals surface area contributed by atoms with Crippen molar-refractivity contribution in [3.8, 4) is 0 Å². The Kier molecular flexibility index (Phi) is 5.14. The van der Waals surface area contributed by atoms with Crippen LogP contribution in [0.5, 0.6) is 0 Å². The predicted molar refractivity (Wildman–Crippen MR) is 82.6 cm³/mol. The summed E-state index contributed by atoms with van der Waals surface area (Å²) in [6.07, 6.45) is 7.51. The summed E-state index contributed by atoms with van der Waals surface area (Å²) in [5, 5.41) is 17.0. The summed E-state index contributed by atoms with van der Waals surface area (Å²) in [4.78, 5) is 14.5. The van der Waals surface area contributed by atoms with E-state index in [9.17, 15) is 10.1 Å².